The number of halogens is 1. The minimum absolute atomic E-state index is 0.0304. The van der Waals surface area contributed by atoms with Crippen molar-refractivity contribution in [2.75, 3.05) is 17.6 Å². The van der Waals surface area contributed by atoms with Crippen molar-refractivity contribution in [1.82, 2.24) is 48.8 Å². The van der Waals surface area contributed by atoms with Gasteiger partial charge in [-0.3, -0.25) is 19.2 Å². The molecular weight excluding hydrogens is 667 g/mol. The molecule has 4 aromatic rings. The van der Waals surface area contributed by atoms with E-state index in [4.69, 9.17) is 21.3 Å². The van der Waals surface area contributed by atoms with E-state index in [2.05, 4.69) is 35.3 Å². The molecule has 0 bridgehead atoms. The maximum Gasteiger partial charge on any atom is 0.355 e. The number of hydrogen-bond donors (Lipinski definition) is 3. The molecule has 0 unspecified atom stereocenters. The van der Waals surface area contributed by atoms with Crippen LogP contribution in [0.15, 0.2) is 22.2 Å². The first-order chi connectivity index (χ1) is 19.5. The third-order valence-electron chi connectivity index (χ3n) is 4.43. The number of hydrogen-bond acceptors (Lipinski definition) is 15. The highest BCUT2D eigenvalue weighted by Gasteiger charge is 2.17. The highest BCUT2D eigenvalue weighted by atomic mass is 127. The molecule has 4 aromatic heterocycles. The average Bonchev–Trinajstić information content (AvgIpc) is 3.57. The van der Waals surface area contributed by atoms with Gasteiger partial charge in [0.2, 0.25) is 0 Å². The number of rotatable bonds is 8. The van der Waals surface area contributed by atoms with Crippen molar-refractivity contribution < 1.29 is 33.8 Å². The minimum atomic E-state index is -0.820. The van der Waals surface area contributed by atoms with Gasteiger partial charge in [0.15, 0.2) is 22.7 Å². The fourth-order valence-electron chi connectivity index (χ4n) is 2.74. The van der Waals surface area contributed by atoms with Crippen molar-refractivity contribution in [1.29, 1.82) is 0 Å². The van der Waals surface area contributed by atoms with E-state index in [0.29, 0.717) is 15.7 Å². The Morgan fingerprint density at radius 2 is 1.27 bits per heavy atom. The summed E-state index contributed by atoms with van der Waals surface area (Å²) >= 11 is 1.96. The van der Waals surface area contributed by atoms with Gasteiger partial charge in [-0.2, -0.15) is 9.36 Å². The number of aliphatic hydroxyl groups is 1. The molecule has 0 spiro atoms. The monoisotopic (exact) mass is 690 g/mol. The number of carbonyl (C=O) groups is 4. The van der Waals surface area contributed by atoms with Gasteiger partial charge < -0.3 is 26.0 Å². The molecule has 0 fully saturated rings. The zero-order chi connectivity index (χ0) is 30.7. The second kappa shape index (κ2) is 15.1. The van der Waals surface area contributed by atoms with E-state index < -0.39 is 35.9 Å². The summed E-state index contributed by atoms with van der Waals surface area (Å²) in [5.41, 5.74) is 8.37. The third kappa shape index (κ3) is 8.07. The smallest absolute Gasteiger partial charge is 0.355 e. The molecule has 220 valence electrons. The van der Waals surface area contributed by atoms with Crippen LogP contribution in [0.4, 0.5) is 0 Å². The molecule has 0 aliphatic rings. The summed E-state index contributed by atoms with van der Waals surface area (Å²) in [6.45, 7) is 3.14. The first-order valence-corrected chi connectivity index (χ1v) is 12.7. The van der Waals surface area contributed by atoms with Gasteiger partial charge in [0, 0.05) is 0 Å². The number of esters is 2. The van der Waals surface area contributed by atoms with Crippen LogP contribution < -0.4 is 22.8 Å². The van der Waals surface area contributed by atoms with E-state index in [1.165, 1.54) is 0 Å². The Labute approximate surface area is 241 Å². The maximum absolute atomic E-state index is 11.9. The molecule has 5 N–H and O–H groups in total. The first kappa shape index (κ1) is 32.3. The zero-order valence-electron chi connectivity index (χ0n) is 21.4. The summed E-state index contributed by atoms with van der Waals surface area (Å²) in [5.74, 6) is -2.37. The van der Waals surface area contributed by atoms with Crippen molar-refractivity contribution >= 4 is 57.6 Å². The SMILES string of the molecule is CCOC(=O)CI.CCOC(=O)Cn1nnc2c(C(N)=O)ncn2c1=O.NC(=O)c1ncn2c(=O)n(CO)nnc12. The Kier molecular flexibility index (Phi) is 11.9. The Hall–Kier alpha value is -4.87. The molecule has 21 nitrogen and oxygen atoms in total. The highest BCUT2D eigenvalue weighted by molar-refractivity contribution is 14.1. The molecule has 0 aliphatic heterocycles. The maximum atomic E-state index is 11.9. The second-order valence-corrected chi connectivity index (χ2v) is 7.85. The molecule has 0 aliphatic carbocycles. The summed E-state index contributed by atoms with van der Waals surface area (Å²) in [4.78, 5) is 74.0. The standard InChI is InChI=1S/C9H10N6O4.C6H6N6O3.C4H7IO2/c1-2-19-5(16)3-15-9(18)14-4-11-6(7(10)17)8(14)12-13-15;7-4(14)3-5-9-10-12(2-13)6(15)11(5)1-8-3;1-2-7-4(6)3-5/h4H,2-3H2,1H3,(H2,10,17);1,13H,2H2,(H2,7,14);2-3H2,1H3. The van der Waals surface area contributed by atoms with Gasteiger partial charge in [-0.1, -0.05) is 33.0 Å². The predicted octanol–water partition coefficient (Wildman–Crippen LogP) is -3.73. The predicted molar refractivity (Wildman–Crippen MR) is 141 cm³/mol. The van der Waals surface area contributed by atoms with Gasteiger partial charge in [-0.25, -0.2) is 28.4 Å². The number of nitrogens with zero attached hydrogens (tertiary/aromatic N) is 10. The molecule has 4 heterocycles. The van der Waals surface area contributed by atoms with Crippen LogP contribution in [0, 0.1) is 0 Å². The summed E-state index contributed by atoms with van der Waals surface area (Å²) in [7, 11) is 0. The van der Waals surface area contributed by atoms with Crippen molar-refractivity contribution in [2.45, 2.75) is 27.1 Å². The van der Waals surface area contributed by atoms with Crippen LogP contribution >= 0.6 is 22.6 Å². The Morgan fingerprint density at radius 3 is 1.66 bits per heavy atom. The van der Waals surface area contributed by atoms with Crippen molar-refractivity contribution in [3.8, 4) is 0 Å². The molecule has 2 amide bonds. The fourth-order valence-corrected chi connectivity index (χ4v) is 2.96. The molecule has 0 radical (unpaired) electrons. The molecule has 0 saturated carbocycles. The number of imidazole rings is 2. The van der Waals surface area contributed by atoms with Gasteiger partial charge in [0.25, 0.3) is 11.8 Å². The number of carbonyl (C=O) groups excluding carboxylic acids is 4. The molecule has 0 saturated heterocycles. The van der Waals surface area contributed by atoms with Gasteiger partial charge in [-0.05, 0) is 13.8 Å². The number of amides is 2. The Morgan fingerprint density at radius 1 is 0.829 bits per heavy atom. The van der Waals surface area contributed by atoms with E-state index in [-0.39, 0.29) is 41.8 Å². The number of fused-ring (bicyclic) bond motifs is 2. The fraction of sp³-hybridized carbons (Fsp3) is 0.368. The summed E-state index contributed by atoms with van der Waals surface area (Å²) < 4.78 is 13.2. The van der Waals surface area contributed by atoms with E-state index >= 15 is 0 Å². The summed E-state index contributed by atoms with van der Waals surface area (Å²) in [5, 5.41) is 22.8. The Bertz CT molecular complexity index is 1680. The molecule has 4 rings (SSSR count). The van der Waals surface area contributed by atoms with Gasteiger partial charge >= 0.3 is 23.3 Å². The molecular formula is C19H23IN12O9. The lowest BCUT2D eigenvalue weighted by Crippen LogP contribution is -2.33. The Balaban J connectivity index is 0.000000238. The lowest BCUT2D eigenvalue weighted by molar-refractivity contribution is -0.144. The lowest BCUT2D eigenvalue weighted by Gasteiger charge is -2.03. The molecule has 0 atom stereocenters. The van der Waals surface area contributed by atoms with Crippen LogP contribution in [0.5, 0.6) is 0 Å². The number of primary amides is 2. The number of aromatic nitrogens is 10. The van der Waals surface area contributed by atoms with Crippen LogP contribution in [-0.4, -0.2) is 95.3 Å². The quantitative estimate of drug-likeness (QED) is 0.0910. The van der Waals surface area contributed by atoms with Crippen LogP contribution in [0.2, 0.25) is 0 Å². The topological polar surface area (TPSA) is 289 Å². The molecule has 0 aromatic carbocycles. The lowest BCUT2D eigenvalue weighted by atomic mass is 10.4. The van der Waals surface area contributed by atoms with Crippen LogP contribution in [0.1, 0.15) is 34.8 Å². The third-order valence-corrected chi connectivity index (χ3v) is 5.06. The van der Waals surface area contributed by atoms with Crippen LogP contribution in [0.25, 0.3) is 11.3 Å². The van der Waals surface area contributed by atoms with Crippen molar-refractivity contribution in [2.24, 2.45) is 11.5 Å². The summed E-state index contributed by atoms with van der Waals surface area (Å²) in [6.07, 6.45) is 2.19. The van der Waals surface area contributed by atoms with E-state index in [0.717, 1.165) is 26.1 Å². The van der Waals surface area contributed by atoms with E-state index in [1.807, 2.05) is 22.6 Å². The van der Waals surface area contributed by atoms with E-state index in [9.17, 15) is 28.8 Å². The molecule has 41 heavy (non-hydrogen) atoms. The minimum Gasteiger partial charge on any atom is -0.465 e. The second-order valence-electron chi connectivity index (χ2n) is 7.09. The van der Waals surface area contributed by atoms with Gasteiger partial charge in [0.1, 0.15) is 25.9 Å². The average molecular weight is 690 g/mol. The van der Waals surface area contributed by atoms with E-state index in [1.54, 1.807) is 13.8 Å². The highest BCUT2D eigenvalue weighted by Crippen LogP contribution is 2.01. The summed E-state index contributed by atoms with van der Waals surface area (Å²) in [6, 6.07) is 0. The van der Waals surface area contributed by atoms with Crippen LogP contribution in [0.3, 0.4) is 0 Å². The number of alkyl halides is 1. The molecule has 22 heteroatoms. The zero-order valence-corrected chi connectivity index (χ0v) is 23.6. The van der Waals surface area contributed by atoms with Gasteiger partial charge in [-0.15, -0.1) is 10.2 Å². The number of nitrogens with two attached hydrogens (primary N) is 2. The first-order valence-electron chi connectivity index (χ1n) is 11.2. The normalized spacial score (nSPS) is 10.2. The largest absolute Gasteiger partial charge is 0.465 e. The number of ether oxygens (including phenoxy) is 2. The van der Waals surface area contributed by atoms with Crippen LogP contribution in [-0.2, 0) is 32.3 Å². The van der Waals surface area contributed by atoms with Crippen molar-refractivity contribution in [3.05, 3.63) is 45.0 Å². The number of aliphatic hydroxyl groups excluding tert-OH is 1. The van der Waals surface area contributed by atoms with Gasteiger partial charge in [0.05, 0.1) is 17.6 Å². The van der Waals surface area contributed by atoms with Crippen molar-refractivity contribution in [3.63, 3.8) is 0 Å².